The monoisotopic (exact) mass is 366 g/mol. The van der Waals surface area contributed by atoms with Gasteiger partial charge in [-0.05, 0) is 36.1 Å². The van der Waals surface area contributed by atoms with E-state index in [-0.39, 0.29) is 23.9 Å². The van der Waals surface area contributed by atoms with E-state index < -0.39 is 11.4 Å². The molecule has 1 fully saturated rings. The molecule has 0 saturated heterocycles. The van der Waals surface area contributed by atoms with Crippen molar-refractivity contribution in [3.8, 4) is 11.1 Å². The molecule has 0 atom stereocenters. The van der Waals surface area contributed by atoms with Crippen molar-refractivity contribution in [1.82, 2.24) is 5.32 Å². The van der Waals surface area contributed by atoms with Crippen molar-refractivity contribution >= 4 is 17.8 Å². The Morgan fingerprint density at radius 1 is 0.926 bits per heavy atom. The molecule has 6 heteroatoms. The number of carboxylic acid groups (broad SMARTS) is 1. The second-order valence-electron chi connectivity index (χ2n) is 6.93. The largest absolute Gasteiger partial charge is 0.478 e. The molecule has 0 unspecified atom stereocenters. The van der Waals surface area contributed by atoms with E-state index in [4.69, 9.17) is 5.73 Å². The van der Waals surface area contributed by atoms with Crippen LogP contribution in [-0.4, -0.2) is 29.4 Å². The first kappa shape index (κ1) is 18.6. The summed E-state index contributed by atoms with van der Waals surface area (Å²) in [5.41, 5.74) is 6.39. The number of nitrogens with two attached hydrogens (primary N) is 1. The Morgan fingerprint density at radius 2 is 1.44 bits per heavy atom. The van der Waals surface area contributed by atoms with Crippen LogP contribution in [0, 0.1) is 5.41 Å². The molecular weight excluding hydrogens is 344 g/mol. The first-order valence-corrected chi connectivity index (χ1v) is 8.94. The highest BCUT2D eigenvalue weighted by Crippen LogP contribution is 2.37. The summed E-state index contributed by atoms with van der Waals surface area (Å²) in [6.45, 7) is 0.191. The number of carboxylic acids is 1. The SMILES string of the molecule is NC(=O)C1(CNC(=O)c2ccccc2-c2ccccc2C(=O)O)CCCC1. The van der Waals surface area contributed by atoms with Gasteiger partial charge in [-0.3, -0.25) is 9.59 Å². The third kappa shape index (κ3) is 3.69. The number of amides is 2. The van der Waals surface area contributed by atoms with Gasteiger partial charge in [0.25, 0.3) is 5.91 Å². The van der Waals surface area contributed by atoms with Gasteiger partial charge < -0.3 is 16.2 Å². The second-order valence-corrected chi connectivity index (χ2v) is 6.93. The number of hydrogen-bond acceptors (Lipinski definition) is 3. The molecule has 2 aromatic carbocycles. The van der Waals surface area contributed by atoms with E-state index >= 15 is 0 Å². The van der Waals surface area contributed by atoms with Crippen LogP contribution >= 0.6 is 0 Å². The van der Waals surface area contributed by atoms with Gasteiger partial charge in [-0.2, -0.15) is 0 Å². The van der Waals surface area contributed by atoms with Gasteiger partial charge >= 0.3 is 5.97 Å². The van der Waals surface area contributed by atoms with Crippen LogP contribution in [0.15, 0.2) is 48.5 Å². The summed E-state index contributed by atoms with van der Waals surface area (Å²) in [5.74, 6) is -1.79. The van der Waals surface area contributed by atoms with Crippen molar-refractivity contribution in [2.24, 2.45) is 11.1 Å². The van der Waals surface area contributed by atoms with Crippen LogP contribution in [0.3, 0.4) is 0 Å². The quantitative estimate of drug-likeness (QED) is 0.730. The molecule has 0 radical (unpaired) electrons. The van der Waals surface area contributed by atoms with E-state index in [9.17, 15) is 19.5 Å². The standard InChI is InChI=1S/C21H22N2O4/c22-20(27)21(11-5-6-12-21)13-23-18(24)16-9-3-1-7-14(16)15-8-2-4-10-17(15)19(25)26/h1-4,7-10H,5-6,11-13H2,(H2,22,27)(H,23,24)(H,25,26). The zero-order valence-corrected chi connectivity index (χ0v) is 14.9. The lowest BCUT2D eigenvalue weighted by atomic mass is 9.85. The van der Waals surface area contributed by atoms with E-state index in [2.05, 4.69) is 5.32 Å². The fraction of sp³-hybridized carbons (Fsp3) is 0.286. The van der Waals surface area contributed by atoms with E-state index in [0.717, 1.165) is 12.8 Å². The molecule has 3 rings (SSSR count). The summed E-state index contributed by atoms with van der Waals surface area (Å²) in [7, 11) is 0. The average Bonchev–Trinajstić information content (AvgIpc) is 3.16. The fourth-order valence-electron chi connectivity index (χ4n) is 3.73. The minimum atomic E-state index is -1.06. The minimum absolute atomic E-state index is 0.127. The molecule has 4 N–H and O–H groups in total. The van der Waals surface area contributed by atoms with E-state index in [1.165, 1.54) is 6.07 Å². The van der Waals surface area contributed by atoms with Crippen molar-refractivity contribution < 1.29 is 19.5 Å². The Kier molecular flexibility index (Phi) is 5.26. The Hall–Kier alpha value is -3.15. The number of hydrogen-bond donors (Lipinski definition) is 3. The molecule has 2 aromatic rings. The van der Waals surface area contributed by atoms with Crippen LogP contribution in [-0.2, 0) is 4.79 Å². The van der Waals surface area contributed by atoms with E-state index in [1.54, 1.807) is 42.5 Å². The van der Waals surface area contributed by atoms with Gasteiger partial charge in [0.2, 0.25) is 5.91 Å². The van der Waals surface area contributed by atoms with Crippen LogP contribution in [0.5, 0.6) is 0 Å². The van der Waals surface area contributed by atoms with Gasteiger partial charge in [0.05, 0.1) is 11.0 Å². The van der Waals surface area contributed by atoms with Crippen LogP contribution in [0.25, 0.3) is 11.1 Å². The Bertz CT molecular complexity index is 885. The maximum absolute atomic E-state index is 12.8. The third-order valence-corrected chi connectivity index (χ3v) is 5.29. The average molecular weight is 366 g/mol. The summed E-state index contributed by atoms with van der Waals surface area (Å²) in [6.07, 6.45) is 3.18. The first-order chi connectivity index (χ1) is 12.9. The number of rotatable bonds is 6. The number of carbonyl (C=O) groups is 3. The molecule has 0 aromatic heterocycles. The lowest BCUT2D eigenvalue weighted by molar-refractivity contribution is -0.127. The summed E-state index contributed by atoms with van der Waals surface area (Å²) >= 11 is 0. The molecule has 1 aliphatic carbocycles. The molecule has 0 heterocycles. The fourth-order valence-corrected chi connectivity index (χ4v) is 3.73. The van der Waals surface area contributed by atoms with Gasteiger partial charge in [-0.1, -0.05) is 49.2 Å². The molecule has 0 aliphatic heterocycles. The maximum Gasteiger partial charge on any atom is 0.336 e. The second kappa shape index (κ2) is 7.61. The normalized spacial score (nSPS) is 15.3. The van der Waals surface area contributed by atoms with Gasteiger partial charge in [0, 0.05) is 12.1 Å². The van der Waals surface area contributed by atoms with Crippen molar-refractivity contribution in [3.63, 3.8) is 0 Å². The Labute approximate surface area is 157 Å². The minimum Gasteiger partial charge on any atom is -0.478 e. The van der Waals surface area contributed by atoms with Crippen LogP contribution in [0.2, 0.25) is 0 Å². The molecule has 27 heavy (non-hydrogen) atoms. The van der Waals surface area contributed by atoms with E-state index in [0.29, 0.717) is 29.5 Å². The van der Waals surface area contributed by atoms with Gasteiger partial charge in [0.15, 0.2) is 0 Å². The summed E-state index contributed by atoms with van der Waals surface area (Å²) < 4.78 is 0. The number of primary amides is 1. The van der Waals surface area contributed by atoms with Crippen molar-refractivity contribution in [1.29, 1.82) is 0 Å². The van der Waals surface area contributed by atoms with Crippen LogP contribution in [0.1, 0.15) is 46.4 Å². The molecule has 0 bridgehead atoms. The van der Waals surface area contributed by atoms with Crippen LogP contribution in [0.4, 0.5) is 0 Å². The van der Waals surface area contributed by atoms with Crippen molar-refractivity contribution in [3.05, 3.63) is 59.7 Å². The van der Waals surface area contributed by atoms with Crippen molar-refractivity contribution in [2.75, 3.05) is 6.54 Å². The highest BCUT2D eigenvalue weighted by Gasteiger charge is 2.39. The molecule has 2 amide bonds. The molecule has 140 valence electrons. The lowest BCUT2D eigenvalue weighted by Crippen LogP contribution is -2.44. The maximum atomic E-state index is 12.8. The highest BCUT2D eigenvalue weighted by atomic mass is 16.4. The van der Waals surface area contributed by atoms with Gasteiger partial charge in [-0.15, -0.1) is 0 Å². The Balaban J connectivity index is 1.89. The first-order valence-electron chi connectivity index (χ1n) is 8.94. The summed E-state index contributed by atoms with van der Waals surface area (Å²) in [5, 5.41) is 12.3. The van der Waals surface area contributed by atoms with Gasteiger partial charge in [0.1, 0.15) is 0 Å². The predicted octanol–water partition coefficient (Wildman–Crippen LogP) is 2.83. The number of carbonyl (C=O) groups excluding carboxylic acids is 2. The highest BCUT2D eigenvalue weighted by molar-refractivity contribution is 6.04. The lowest BCUT2D eigenvalue weighted by Gasteiger charge is -2.25. The zero-order chi connectivity index (χ0) is 19.4. The van der Waals surface area contributed by atoms with Crippen LogP contribution < -0.4 is 11.1 Å². The number of nitrogens with one attached hydrogen (secondary N) is 1. The zero-order valence-electron chi connectivity index (χ0n) is 14.9. The topological polar surface area (TPSA) is 109 Å². The summed E-state index contributed by atoms with van der Waals surface area (Å²) in [4.78, 5) is 36.3. The third-order valence-electron chi connectivity index (χ3n) is 5.29. The Morgan fingerprint density at radius 3 is 2.00 bits per heavy atom. The summed E-state index contributed by atoms with van der Waals surface area (Å²) in [6, 6.07) is 13.4. The smallest absolute Gasteiger partial charge is 0.336 e. The number of benzene rings is 2. The molecular formula is C21H22N2O4. The van der Waals surface area contributed by atoms with E-state index in [1.807, 2.05) is 0 Å². The molecule has 1 saturated carbocycles. The molecule has 1 aliphatic rings. The molecule has 6 nitrogen and oxygen atoms in total. The predicted molar refractivity (Wildman–Crippen MR) is 101 cm³/mol. The molecule has 0 spiro atoms. The van der Waals surface area contributed by atoms with Gasteiger partial charge in [-0.25, -0.2) is 4.79 Å². The van der Waals surface area contributed by atoms with Crippen molar-refractivity contribution in [2.45, 2.75) is 25.7 Å². The number of aromatic carboxylic acids is 1.